The summed E-state index contributed by atoms with van der Waals surface area (Å²) in [5.74, 6) is -0.394. The maximum atomic E-state index is 12.5. The minimum atomic E-state index is -0.197. The zero-order valence-corrected chi connectivity index (χ0v) is 22.5. The summed E-state index contributed by atoms with van der Waals surface area (Å²) >= 11 is 0. The Morgan fingerprint density at radius 2 is 1.33 bits per heavy atom. The molecule has 0 aromatic heterocycles. The summed E-state index contributed by atoms with van der Waals surface area (Å²) in [6.07, 6.45) is 24.0. The fourth-order valence-electron chi connectivity index (χ4n) is 4.73. The summed E-state index contributed by atoms with van der Waals surface area (Å²) in [7, 11) is 0. The van der Waals surface area contributed by atoms with E-state index in [2.05, 4.69) is 65.0 Å². The van der Waals surface area contributed by atoms with E-state index in [1.165, 1.54) is 36.0 Å². The highest BCUT2D eigenvalue weighted by atomic mass is 16.2. The molecule has 2 aliphatic rings. The summed E-state index contributed by atoms with van der Waals surface area (Å²) < 4.78 is 0. The molecule has 0 amide bonds. The van der Waals surface area contributed by atoms with Gasteiger partial charge in [-0.1, -0.05) is 115 Å². The molecule has 0 spiro atoms. The Morgan fingerprint density at radius 3 is 1.89 bits per heavy atom. The molecule has 2 heteroatoms. The third-order valence-electron chi connectivity index (χ3n) is 6.91. The predicted octanol–water partition coefficient (Wildman–Crippen LogP) is 9.03. The molecule has 0 heterocycles. The first kappa shape index (κ1) is 27.1. The van der Waals surface area contributed by atoms with E-state index in [0.29, 0.717) is 11.1 Å². The number of benzene rings is 1. The van der Waals surface area contributed by atoms with Crippen LogP contribution in [0.1, 0.15) is 81.5 Å². The SMILES string of the molecule is CC1=C(/C=C/C(C)=C/C=C/C(C)=C/C=C/C(C)=C/C=C2C(=O)c3ccccc3C2=O)C(C)(C)CCC1. The number of carbonyl (C=O) groups is 2. The molecule has 3 rings (SSSR count). The van der Waals surface area contributed by atoms with Crippen molar-refractivity contribution in [3.63, 3.8) is 0 Å². The van der Waals surface area contributed by atoms with Crippen molar-refractivity contribution in [3.8, 4) is 0 Å². The van der Waals surface area contributed by atoms with Gasteiger partial charge in [-0.3, -0.25) is 9.59 Å². The van der Waals surface area contributed by atoms with Crippen LogP contribution in [0.25, 0.3) is 0 Å². The maximum Gasteiger partial charge on any atom is 0.197 e. The van der Waals surface area contributed by atoms with Gasteiger partial charge in [-0.05, 0) is 64.0 Å². The van der Waals surface area contributed by atoms with Crippen molar-refractivity contribution >= 4 is 11.6 Å². The fraction of sp³-hybridized carbons (Fsp3) is 0.294. The minimum absolute atomic E-state index is 0.197. The van der Waals surface area contributed by atoms with E-state index < -0.39 is 0 Å². The zero-order valence-electron chi connectivity index (χ0n) is 22.5. The van der Waals surface area contributed by atoms with Crippen molar-refractivity contribution < 1.29 is 9.59 Å². The Kier molecular flexibility index (Phi) is 8.98. The lowest BCUT2D eigenvalue weighted by Crippen LogP contribution is -2.19. The van der Waals surface area contributed by atoms with E-state index in [9.17, 15) is 9.59 Å². The molecule has 0 N–H and O–H groups in total. The molecule has 0 radical (unpaired) electrons. The second-order valence-corrected chi connectivity index (χ2v) is 10.5. The van der Waals surface area contributed by atoms with Gasteiger partial charge in [0.2, 0.25) is 0 Å². The van der Waals surface area contributed by atoms with Crippen LogP contribution in [0.5, 0.6) is 0 Å². The molecule has 2 aliphatic carbocycles. The van der Waals surface area contributed by atoms with Crippen LogP contribution in [0, 0.1) is 5.41 Å². The second kappa shape index (κ2) is 11.9. The highest BCUT2D eigenvalue weighted by Crippen LogP contribution is 2.40. The van der Waals surface area contributed by atoms with Crippen LogP contribution in [-0.2, 0) is 0 Å². The summed E-state index contributed by atoms with van der Waals surface area (Å²) in [5.41, 5.74) is 7.79. The highest BCUT2D eigenvalue weighted by Gasteiger charge is 2.32. The van der Waals surface area contributed by atoms with E-state index in [0.717, 1.165) is 11.1 Å². The van der Waals surface area contributed by atoms with E-state index >= 15 is 0 Å². The number of carbonyl (C=O) groups excluding carboxylic acids is 2. The van der Waals surface area contributed by atoms with Crippen molar-refractivity contribution in [1.29, 1.82) is 0 Å². The Labute approximate surface area is 216 Å². The molecule has 0 saturated heterocycles. The third-order valence-corrected chi connectivity index (χ3v) is 6.91. The number of ketones is 2. The average Bonchev–Trinajstić information content (AvgIpc) is 3.06. The molecular formula is C34H38O2. The smallest absolute Gasteiger partial charge is 0.197 e. The topological polar surface area (TPSA) is 34.1 Å². The van der Waals surface area contributed by atoms with Crippen molar-refractivity contribution in [2.45, 2.75) is 60.8 Å². The molecule has 0 aliphatic heterocycles. The van der Waals surface area contributed by atoms with E-state index in [-0.39, 0.29) is 22.6 Å². The van der Waals surface area contributed by atoms with Gasteiger partial charge in [-0.25, -0.2) is 0 Å². The number of hydrogen-bond donors (Lipinski definition) is 0. The lowest BCUT2D eigenvalue weighted by Gasteiger charge is -2.32. The van der Waals surface area contributed by atoms with Gasteiger partial charge < -0.3 is 0 Å². The first-order valence-electron chi connectivity index (χ1n) is 12.8. The monoisotopic (exact) mass is 478 g/mol. The van der Waals surface area contributed by atoms with Gasteiger partial charge in [0.1, 0.15) is 0 Å². The second-order valence-electron chi connectivity index (χ2n) is 10.5. The molecular weight excluding hydrogens is 440 g/mol. The first-order valence-corrected chi connectivity index (χ1v) is 12.8. The number of allylic oxidation sites excluding steroid dienone is 16. The number of fused-ring (bicyclic) bond motifs is 1. The highest BCUT2D eigenvalue weighted by molar-refractivity contribution is 6.39. The van der Waals surface area contributed by atoms with Crippen molar-refractivity contribution in [2.24, 2.45) is 5.41 Å². The van der Waals surface area contributed by atoms with Gasteiger partial charge in [0, 0.05) is 11.1 Å². The van der Waals surface area contributed by atoms with Crippen molar-refractivity contribution in [3.05, 3.63) is 130 Å². The zero-order chi connectivity index (χ0) is 26.3. The van der Waals surface area contributed by atoms with Crippen LogP contribution in [0.2, 0.25) is 0 Å². The van der Waals surface area contributed by atoms with E-state index in [1.54, 1.807) is 30.3 Å². The summed E-state index contributed by atoms with van der Waals surface area (Å²) in [6.45, 7) is 13.1. The Morgan fingerprint density at radius 1 is 0.806 bits per heavy atom. The number of Topliss-reactive ketones (excluding diaryl/α,β-unsaturated/α-hetero) is 2. The van der Waals surface area contributed by atoms with Crippen LogP contribution in [-0.4, -0.2) is 11.6 Å². The van der Waals surface area contributed by atoms with Gasteiger partial charge in [0.25, 0.3) is 0 Å². The van der Waals surface area contributed by atoms with E-state index in [1.807, 2.05) is 31.2 Å². The molecule has 0 saturated carbocycles. The Balaban J connectivity index is 1.58. The lowest BCUT2D eigenvalue weighted by molar-refractivity contribution is 0.0989. The Hall–Kier alpha value is -3.52. The molecule has 0 atom stereocenters. The standard InChI is InChI=1S/C34H38O2/c1-24(13-10-15-26(3)20-22-31-27(4)16-11-23-34(31,5)6)12-9-14-25(2)19-21-30-32(35)28-17-7-8-18-29(28)33(30)36/h7-10,12-15,17-22H,11,16,23H2,1-6H3/b13-10+,14-9+,22-20+,24-12+,25-19+,26-15+. The summed E-state index contributed by atoms with van der Waals surface area (Å²) in [4.78, 5) is 24.9. The van der Waals surface area contributed by atoms with Crippen LogP contribution in [0.15, 0.2) is 118 Å². The lowest BCUT2D eigenvalue weighted by atomic mass is 9.72. The van der Waals surface area contributed by atoms with Crippen LogP contribution in [0.4, 0.5) is 0 Å². The number of rotatable bonds is 7. The van der Waals surface area contributed by atoms with Crippen LogP contribution >= 0.6 is 0 Å². The van der Waals surface area contributed by atoms with E-state index in [4.69, 9.17) is 0 Å². The molecule has 0 unspecified atom stereocenters. The first-order chi connectivity index (χ1) is 17.1. The number of hydrogen-bond acceptors (Lipinski definition) is 2. The van der Waals surface area contributed by atoms with Crippen molar-refractivity contribution in [2.75, 3.05) is 0 Å². The quantitative estimate of drug-likeness (QED) is 0.222. The minimum Gasteiger partial charge on any atom is -0.288 e. The largest absolute Gasteiger partial charge is 0.288 e. The fourth-order valence-corrected chi connectivity index (χ4v) is 4.73. The molecule has 1 aromatic carbocycles. The van der Waals surface area contributed by atoms with Gasteiger partial charge in [0.05, 0.1) is 5.57 Å². The van der Waals surface area contributed by atoms with Gasteiger partial charge >= 0.3 is 0 Å². The van der Waals surface area contributed by atoms with Gasteiger partial charge in [-0.2, -0.15) is 0 Å². The molecule has 36 heavy (non-hydrogen) atoms. The normalized spacial score (nSPS) is 19.4. The maximum absolute atomic E-state index is 12.5. The average molecular weight is 479 g/mol. The molecule has 0 fully saturated rings. The molecule has 2 nitrogen and oxygen atoms in total. The molecule has 0 bridgehead atoms. The predicted molar refractivity (Wildman–Crippen MR) is 152 cm³/mol. The van der Waals surface area contributed by atoms with Gasteiger partial charge in [0.15, 0.2) is 11.6 Å². The Bertz CT molecular complexity index is 1240. The summed E-state index contributed by atoms with van der Waals surface area (Å²) in [6, 6.07) is 6.98. The van der Waals surface area contributed by atoms with Crippen molar-refractivity contribution in [1.82, 2.24) is 0 Å². The molecule has 1 aromatic rings. The van der Waals surface area contributed by atoms with Crippen LogP contribution in [0.3, 0.4) is 0 Å². The third kappa shape index (κ3) is 6.79. The van der Waals surface area contributed by atoms with Crippen LogP contribution < -0.4 is 0 Å². The van der Waals surface area contributed by atoms with Gasteiger partial charge in [-0.15, -0.1) is 0 Å². The molecule has 186 valence electrons. The summed E-state index contributed by atoms with van der Waals surface area (Å²) in [5, 5.41) is 0.